The normalized spacial score (nSPS) is 21.2. The smallest absolute Gasteiger partial charge is 0.479 e. The predicted molar refractivity (Wildman–Crippen MR) is 402 cm³/mol. The van der Waals surface area contributed by atoms with Crippen LogP contribution in [0.25, 0.3) is 0 Å². The van der Waals surface area contributed by atoms with Crippen LogP contribution in [0.3, 0.4) is 0 Å². The van der Waals surface area contributed by atoms with Gasteiger partial charge in [-0.25, -0.2) is 19.2 Å². The van der Waals surface area contributed by atoms with E-state index in [0.717, 1.165) is 39.7 Å². The quantitative estimate of drug-likeness (QED) is 0.0364. The van der Waals surface area contributed by atoms with Crippen molar-refractivity contribution in [1.82, 2.24) is 29.6 Å². The first-order chi connectivity index (χ1) is 55.4. The van der Waals surface area contributed by atoms with Crippen LogP contribution in [0.15, 0.2) is 72.8 Å². The van der Waals surface area contributed by atoms with Gasteiger partial charge in [0, 0.05) is 115 Å². The van der Waals surface area contributed by atoms with E-state index in [2.05, 4.69) is 0 Å². The Kier molecular flexibility index (Phi) is 38.7. The van der Waals surface area contributed by atoms with Gasteiger partial charge >= 0.3 is 30.2 Å². The third-order valence-electron chi connectivity index (χ3n) is 20.7. The zero-order chi connectivity index (χ0) is 89.1. The highest BCUT2D eigenvalue weighted by Gasteiger charge is 2.50. The van der Waals surface area contributed by atoms with E-state index < -0.39 is 164 Å². The summed E-state index contributed by atoms with van der Waals surface area (Å²) in [6.07, 6.45) is -12.4. The minimum atomic E-state index is -5.08. The van der Waals surface area contributed by atoms with Gasteiger partial charge in [0.1, 0.15) is 42.2 Å². The fourth-order valence-corrected chi connectivity index (χ4v) is 14.2. The number of likely N-dealkylation sites (tertiary alicyclic amines) is 1. The molecule has 3 saturated heterocycles. The van der Waals surface area contributed by atoms with Crippen molar-refractivity contribution in [3.8, 4) is 5.75 Å². The first-order valence-corrected chi connectivity index (χ1v) is 37.9. The molecule has 0 radical (unpaired) electrons. The molecule has 38 heteroatoms. The minimum Gasteiger partial charge on any atom is -0.479 e. The fraction of sp³-hybridized carbons (Fsp3) is 0.608. The molecule has 1 unspecified atom stereocenters. The zero-order valence-electron chi connectivity index (χ0n) is 68.4. The summed E-state index contributed by atoms with van der Waals surface area (Å²) in [4.78, 5) is 198. The number of alkyl halides is 4. The number of carboxylic acid groups (broad SMARTS) is 2. The van der Waals surface area contributed by atoms with Crippen molar-refractivity contribution in [1.29, 1.82) is 0 Å². The maximum Gasteiger partial charge on any atom is 0.490 e. The van der Waals surface area contributed by atoms with Gasteiger partial charge < -0.3 is 79.6 Å². The Morgan fingerprint density at radius 3 is 1.85 bits per heavy atom. The van der Waals surface area contributed by atoms with Crippen LogP contribution >= 0.6 is 0 Å². The number of carbonyl (C=O) groups excluding carboxylic acids is 13. The van der Waals surface area contributed by atoms with Gasteiger partial charge in [-0.2, -0.15) is 13.2 Å². The highest BCUT2D eigenvalue weighted by atomic mass is 19.4. The van der Waals surface area contributed by atoms with Gasteiger partial charge in [-0.05, 0) is 72.7 Å². The molecule has 2 aromatic carbocycles. The van der Waals surface area contributed by atoms with Crippen molar-refractivity contribution in [2.45, 2.75) is 218 Å². The Hall–Kier alpha value is -9.83. The number of carboxylic acids is 2. The summed E-state index contributed by atoms with van der Waals surface area (Å²) in [5, 5.41) is 59.1. The molecule has 0 bridgehead atoms. The van der Waals surface area contributed by atoms with Crippen LogP contribution < -0.4 is 10.5 Å². The lowest BCUT2D eigenvalue weighted by atomic mass is 9.83. The molecular weight excluding hydrogens is 1550 g/mol. The van der Waals surface area contributed by atoms with Crippen molar-refractivity contribution in [3.63, 3.8) is 0 Å². The zero-order valence-corrected chi connectivity index (χ0v) is 67.4. The Morgan fingerprint density at radius 1 is 0.744 bits per heavy atom. The molecule has 5 aliphatic rings. The number of amides is 9. The van der Waals surface area contributed by atoms with Crippen LogP contribution in [0.1, 0.15) is 150 Å². The number of hydrogen-bond acceptors (Lipinski definition) is 26. The molecule has 9 amide bonds. The minimum absolute atomic E-state index is 0.00106. The number of aliphatic hydroxyl groups is 4. The first kappa shape index (κ1) is 97.7. The summed E-state index contributed by atoms with van der Waals surface area (Å²) in [7, 11) is 5.14. The standard InChI is InChI=1S/C59H90N4O17.C17H15N3O8.C2HF3O2.CH3F/c1-13-34(6)49(46(76-11)30-47(67)63-25-17-20-42(63)54(77-12)36(8)43(65)26-35(7)50(68)38-18-15-14-16-19-38)61(9)56(72)41(32(2)3)29-44(66)48(33(4)5)62(10)59(75)78-31-37-21-22-45(39(27-37)28-40(64)23-24-60)79-58-53(71)51(69)52(70)55(80-58)57(73)74;21-11-2-3-12(22)18(11)9-10(19-13(23)4-5-14(19)24)1-8-17(27)28-20-15(25)6-7-16(20)26;3-2(4,5)1(6)7;1-2/h14-16,18-19,21-22,27,32-36,41-42,46,48-55,58,68-71H,13,17,20,23-26,28-31,60H2,1-12H3,(H,73,74);2-5,10H,1,6-9H2;(H,6,7);1H3/t34-,35-,36-,41-,42-,46+,48-,49-,50+,51-,52-,53+,54+,55-,58+;;;/m0.../s1/i;;;1D. The van der Waals surface area contributed by atoms with E-state index in [1.165, 1.54) is 37.3 Å². The number of hydroxylamine groups is 2. The van der Waals surface area contributed by atoms with Crippen LogP contribution in [-0.4, -0.2) is 277 Å². The molecule has 650 valence electrons. The fourth-order valence-electron chi connectivity index (χ4n) is 14.2. The Morgan fingerprint density at radius 2 is 1.32 bits per heavy atom. The van der Waals surface area contributed by atoms with Crippen LogP contribution in [0.5, 0.6) is 5.75 Å². The number of Topliss-reactive ketones (excluding diaryl/α,β-unsaturated/α-hetero) is 3. The summed E-state index contributed by atoms with van der Waals surface area (Å²) < 4.78 is 76.1. The number of ketones is 3. The number of benzene rings is 2. The van der Waals surface area contributed by atoms with Crippen LogP contribution in [0, 0.1) is 35.5 Å². The number of likely N-dealkylation sites (N-methyl/N-ethyl adjacent to an activating group) is 2. The summed E-state index contributed by atoms with van der Waals surface area (Å²) >= 11 is 0. The van der Waals surface area contributed by atoms with Crippen molar-refractivity contribution < 1.29 is 150 Å². The van der Waals surface area contributed by atoms with E-state index in [1.807, 2.05) is 65.0 Å². The van der Waals surface area contributed by atoms with Gasteiger partial charge in [-0.3, -0.25) is 66.9 Å². The summed E-state index contributed by atoms with van der Waals surface area (Å²) in [6.45, 7) is 14.7. The SMILES string of the molecule is CC[C@H](C)[C@@H]([C@@H](CC(=O)N1CCC[C@H]1[C@H](OC)[C@@H](C)C(=O)C[C@H](C)[C@@H](O)c1ccccc1)OC)N(C)C(=O)[C@@H](CC(=O)[C@H](C(C)C)N(C)C(=O)OCc1ccc(O[C@@H]2O[C@H](C(=O)O)[C@@H](O)[C@H](O)[C@H]2O)c(CC(=O)CCN)c1)C(C)C.O=C(CCC(CN1C(=O)C=CC1=O)N1C(=O)C=CC1=O)ON1C(=O)CCC1=O.O=C(O)C(F)(F)F.[2H]CF. The highest BCUT2D eigenvalue weighted by Crippen LogP contribution is 2.35. The van der Waals surface area contributed by atoms with Gasteiger partial charge in [0.25, 0.3) is 35.4 Å². The van der Waals surface area contributed by atoms with Crippen molar-refractivity contribution in [3.05, 3.63) is 89.5 Å². The van der Waals surface area contributed by atoms with E-state index in [-0.39, 0.29) is 136 Å². The average Bonchev–Trinajstić information content (AvgIpc) is 1.04. The second kappa shape index (κ2) is 46.4. The molecule has 5 aliphatic heterocycles. The number of carbonyl (C=O) groups is 15. The van der Waals surface area contributed by atoms with Crippen molar-refractivity contribution >= 4 is 88.6 Å². The van der Waals surface area contributed by atoms with E-state index >= 15 is 0 Å². The topological polar surface area (TPSA) is 478 Å². The van der Waals surface area contributed by atoms with Crippen LogP contribution in [0.4, 0.5) is 22.4 Å². The first-order valence-electron chi connectivity index (χ1n) is 38.6. The number of nitrogens with zero attached hydrogens (tertiary/aromatic N) is 6. The number of imide groups is 3. The van der Waals surface area contributed by atoms with Gasteiger partial charge in [-0.1, -0.05) is 98.2 Å². The Labute approximate surface area is 675 Å². The van der Waals surface area contributed by atoms with Gasteiger partial charge in [0.2, 0.25) is 18.1 Å². The number of hydrogen-bond donors (Lipinski definition) is 7. The third kappa shape index (κ3) is 27.4. The maximum absolute atomic E-state index is 14.8. The number of methoxy groups -OCH3 is 2. The monoisotopic (exact) mass is 1660 g/mol. The average molecular weight is 1670 g/mol. The molecule has 8 N–H and O–H groups in total. The lowest BCUT2D eigenvalue weighted by Crippen LogP contribution is -2.61. The molecule has 16 atom stereocenters. The largest absolute Gasteiger partial charge is 0.490 e. The van der Waals surface area contributed by atoms with Crippen LogP contribution in [-0.2, 0) is 104 Å². The molecule has 117 heavy (non-hydrogen) atoms. The second-order valence-corrected chi connectivity index (χ2v) is 29.6. The molecule has 3 fully saturated rings. The molecule has 0 aromatic heterocycles. The number of aliphatic carboxylic acids is 2. The second-order valence-electron chi connectivity index (χ2n) is 29.6. The van der Waals surface area contributed by atoms with E-state index in [0.29, 0.717) is 36.4 Å². The van der Waals surface area contributed by atoms with Gasteiger partial charge in [0.05, 0.1) is 70.4 Å². The lowest BCUT2D eigenvalue weighted by Gasteiger charge is -2.41. The molecule has 0 aliphatic carbocycles. The molecule has 0 saturated carbocycles. The van der Waals surface area contributed by atoms with Crippen molar-refractivity contribution in [2.75, 3.05) is 55.1 Å². The number of aliphatic hydroxyl groups excluding tert-OH is 4. The maximum atomic E-state index is 14.8. The molecule has 5 heterocycles. The molecule has 0 spiro atoms. The number of halogens is 4. The van der Waals surface area contributed by atoms with Crippen molar-refractivity contribution in [2.24, 2.45) is 41.2 Å². The molecule has 2 aromatic rings. The predicted octanol–water partition coefficient (Wildman–Crippen LogP) is 4.30. The molecular formula is C79H109F4N7O27. The summed E-state index contributed by atoms with van der Waals surface area (Å²) in [6, 6.07) is 10.6. The summed E-state index contributed by atoms with van der Waals surface area (Å²) in [5.74, 6) is -13.0. The lowest BCUT2D eigenvalue weighted by molar-refractivity contribution is -0.271. The van der Waals surface area contributed by atoms with E-state index in [9.17, 15) is 110 Å². The Balaban J connectivity index is 0.000000627. The Bertz CT molecular complexity index is 3860. The van der Waals surface area contributed by atoms with Crippen LogP contribution in [0.2, 0.25) is 0 Å². The van der Waals surface area contributed by atoms with Gasteiger partial charge in [-0.15, -0.1) is 5.06 Å². The highest BCUT2D eigenvalue weighted by molar-refractivity contribution is 6.14. The number of nitrogens with two attached hydrogens (primary N) is 1. The number of ether oxygens (including phenoxy) is 5. The van der Waals surface area contributed by atoms with E-state index in [4.69, 9.17) is 45.5 Å². The van der Waals surface area contributed by atoms with E-state index in [1.54, 1.807) is 44.7 Å². The molecule has 7 rings (SSSR count). The molecule has 34 nitrogen and oxygen atoms in total. The summed E-state index contributed by atoms with van der Waals surface area (Å²) in [5.41, 5.74) is 6.96. The van der Waals surface area contributed by atoms with Gasteiger partial charge in [0.15, 0.2) is 11.9 Å². The third-order valence-corrected chi connectivity index (χ3v) is 20.7. The number of rotatable bonds is 38.